The molecule has 3 rings (SSSR count). The Balaban J connectivity index is 1.75. The van der Waals surface area contributed by atoms with Gasteiger partial charge >= 0.3 is 0 Å². The van der Waals surface area contributed by atoms with Crippen molar-refractivity contribution in [2.45, 2.75) is 11.7 Å². The predicted octanol–water partition coefficient (Wildman–Crippen LogP) is 3.29. The minimum Gasteiger partial charge on any atom is -0.388 e. The summed E-state index contributed by atoms with van der Waals surface area (Å²) in [6.07, 6.45) is 0.569. The molecule has 1 heterocycles. The van der Waals surface area contributed by atoms with Crippen LogP contribution >= 0.6 is 11.8 Å². The van der Waals surface area contributed by atoms with Crippen molar-refractivity contribution in [3.63, 3.8) is 0 Å². The Morgan fingerprint density at radius 3 is 2.50 bits per heavy atom. The van der Waals surface area contributed by atoms with E-state index in [9.17, 15) is 9.59 Å². The molecule has 112 valence electrons. The minimum atomic E-state index is -0.314. The number of amides is 2. The van der Waals surface area contributed by atoms with Crippen LogP contribution in [0, 0.1) is 0 Å². The van der Waals surface area contributed by atoms with Crippen LogP contribution in [0.25, 0.3) is 11.1 Å². The highest BCUT2D eigenvalue weighted by molar-refractivity contribution is 8.15. The zero-order valence-corrected chi connectivity index (χ0v) is 12.9. The third-order valence-electron chi connectivity index (χ3n) is 3.63. The summed E-state index contributed by atoms with van der Waals surface area (Å²) in [7, 11) is 1.90. The largest absolute Gasteiger partial charge is 0.388 e. The average Bonchev–Trinajstić information content (AvgIpc) is 2.86. The third kappa shape index (κ3) is 3.14. The Morgan fingerprint density at radius 1 is 1.09 bits per heavy atom. The standard InChI is InChI=1S/C17H16N2O2S/c1-18-14-4-2-3-13(10-14)12-7-5-11(6-8-12)9-15-16(20)19-17(21)22-15/h2-8,10,15,18H,9H2,1H3,(H,19,20,21). The molecule has 0 bridgehead atoms. The van der Waals surface area contributed by atoms with Gasteiger partial charge < -0.3 is 5.32 Å². The van der Waals surface area contributed by atoms with E-state index in [1.54, 1.807) is 0 Å². The van der Waals surface area contributed by atoms with E-state index in [1.807, 2.05) is 43.4 Å². The maximum atomic E-state index is 11.6. The maximum Gasteiger partial charge on any atom is 0.286 e. The summed E-state index contributed by atoms with van der Waals surface area (Å²) in [6, 6.07) is 16.3. The van der Waals surface area contributed by atoms with Gasteiger partial charge in [0, 0.05) is 12.7 Å². The Kier molecular flexibility index (Phi) is 4.15. The molecule has 1 unspecified atom stereocenters. The van der Waals surface area contributed by atoms with Gasteiger partial charge in [-0.3, -0.25) is 14.9 Å². The Hall–Kier alpha value is -2.27. The number of nitrogens with one attached hydrogen (secondary N) is 2. The first-order valence-corrected chi connectivity index (χ1v) is 7.92. The number of anilines is 1. The molecule has 5 heteroatoms. The van der Waals surface area contributed by atoms with E-state index < -0.39 is 0 Å². The van der Waals surface area contributed by atoms with Crippen LogP contribution in [-0.4, -0.2) is 23.4 Å². The van der Waals surface area contributed by atoms with E-state index >= 15 is 0 Å². The fraction of sp³-hybridized carbons (Fsp3) is 0.176. The molecule has 2 aromatic rings. The van der Waals surface area contributed by atoms with Gasteiger partial charge in [-0.2, -0.15) is 0 Å². The summed E-state index contributed by atoms with van der Waals surface area (Å²) in [5.41, 5.74) is 4.39. The van der Waals surface area contributed by atoms with Gasteiger partial charge in [-0.05, 0) is 35.2 Å². The predicted molar refractivity (Wildman–Crippen MR) is 90.0 cm³/mol. The second-order valence-electron chi connectivity index (χ2n) is 5.12. The first-order valence-electron chi connectivity index (χ1n) is 7.04. The fourth-order valence-electron chi connectivity index (χ4n) is 2.43. The molecular formula is C17H16N2O2S. The highest BCUT2D eigenvalue weighted by Crippen LogP contribution is 2.26. The van der Waals surface area contributed by atoms with E-state index in [4.69, 9.17) is 0 Å². The monoisotopic (exact) mass is 312 g/mol. The second-order valence-corrected chi connectivity index (χ2v) is 6.29. The van der Waals surface area contributed by atoms with Crippen molar-refractivity contribution in [1.29, 1.82) is 0 Å². The van der Waals surface area contributed by atoms with Crippen LogP contribution in [-0.2, 0) is 11.2 Å². The van der Waals surface area contributed by atoms with Gasteiger partial charge in [0.2, 0.25) is 5.91 Å². The first-order chi connectivity index (χ1) is 10.7. The highest BCUT2D eigenvalue weighted by atomic mass is 32.2. The van der Waals surface area contributed by atoms with Gasteiger partial charge in [0.15, 0.2) is 0 Å². The van der Waals surface area contributed by atoms with Crippen LogP contribution in [0.5, 0.6) is 0 Å². The molecule has 1 fully saturated rings. The molecule has 4 nitrogen and oxygen atoms in total. The van der Waals surface area contributed by atoms with Crippen LogP contribution in [0.3, 0.4) is 0 Å². The molecule has 0 radical (unpaired) electrons. The Bertz CT molecular complexity index is 713. The summed E-state index contributed by atoms with van der Waals surface area (Å²) in [5.74, 6) is -0.194. The molecule has 0 aromatic heterocycles. The molecule has 1 aliphatic heterocycles. The van der Waals surface area contributed by atoms with E-state index in [2.05, 4.69) is 22.8 Å². The van der Waals surface area contributed by atoms with Gasteiger partial charge in [0.1, 0.15) is 0 Å². The number of imide groups is 1. The number of thioether (sulfide) groups is 1. The molecule has 22 heavy (non-hydrogen) atoms. The zero-order valence-electron chi connectivity index (χ0n) is 12.1. The summed E-state index contributed by atoms with van der Waals surface area (Å²) in [5, 5.41) is 4.87. The van der Waals surface area contributed by atoms with Crippen molar-refractivity contribution in [3.05, 3.63) is 54.1 Å². The second kappa shape index (κ2) is 6.23. The highest BCUT2D eigenvalue weighted by Gasteiger charge is 2.31. The number of carbonyl (C=O) groups excluding carboxylic acids is 2. The summed E-state index contributed by atoms with van der Waals surface area (Å²) in [4.78, 5) is 22.8. The summed E-state index contributed by atoms with van der Waals surface area (Å²) >= 11 is 1.07. The fourth-order valence-corrected chi connectivity index (χ4v) is 3.29. The van der Waals surface area contributed by atoms with Crippen molar-refractivity contribution in [1.82, 2.24) is 5.32 Å². The van der Waals surface area contributed by atoms with E-state index in [0.717, 1.165) is 34.1 Å². The number of carbonyl (C=O) groups is 2. The van der Waals surface area contributed by atoms with Crippen molar-refractivity contribution >= 4 is 28.6 Å². The first kappa shape index (κ1) is 14.7. The molecule has 0 spiro atoms. The van der Waals surface area contributed by atoms with E-state index in [-0.39, 0.29) is 16.4 Å². The average molecular weight is 312 g/mol. The summed E-state index contributed by atoms with van der Waals surface area (Å²) < 4.78 is 0. The van der Waals surface area contributed by atoms with Gasteiger partial charge in [-0.15, -0.1) is 0 Å². The molecule has 1 atom stereocenters. The van der Waals surface area contributed by atoms with E-state index in [0.29, 0.717) is 6.42 Å². The molecule has 1 saturated heterocycles. The number of hydrogen-bond donors (Lipinski definition) is 2. The Labute approximate surface area is 133 Å². The molecule has 1 aliphatic rings. The molecule has 0 aliphatic carbocycles. The number of benzene rings is 2. The maximum absolute atomic E-state index is 11.6. The topological polar surface area (TPSA) is 58.2 Å². The Morgan fingerprint density at radius 2 is 1.86 bits per heavy atom. The lowest BCUT2D eigenvalue weighted by atomic mass is 10.0. The normalized spacial score (nSPS) is 17.4. The van der Waals surface area contributed by atoms with Crippen LogP contribution in [0.15, 0.2) is 48.5 Å². The molecular weight excluding hydrogens is 296 g/mol. The molecule has 2 aromatic carbocycles. The van der Waals surface area contributed by atoms with Crippen molar-refractivity contribution < 1.29 is 9.59 Å². The number of rotatable bonds is 4. The van der Waals surface area contributed by atoms with Gasteiger partial charge in [-0.25, -0.2) is 0 Å². The lowest BCUT2D eigenvalue weighted by Gasteiger charge is -2.08. The van der Waals surface area contributed by atoms with Gasteiger partial charge in [-0.1, -0.05) is 48.2 Å². The van der Waals surface area contributed by atoms with Crippen molar-refractivity contribution in [3.8, 4) is 11.1 Å². The van der Waals surface area contributed by atoms with Gasteiger partial charge in [0.05, 0.1) is 5.25 Å². The summed E-state index contributed by atoms with van der Waals surface area (Å²) in [6.45, 7) is 0. The van der Waals surface area contributed by atoms with Crippen LogP contribution < -0.4 is 10.6 Å². The quantitative estimate of drug-likeness (QED) is 0.909. The van der Waals surface area contributed by atoms with Gasteiger partial charge in [0.25, 0.3) is 5.24 Å². The smallest absolute Gasteiger partial charge is 0.286 e. The third-order valence-corrected chi connectivity index (χ3v) is 4.61. The van der Waals surface area contributed by atoms with Crippen LogP contribution in [0.4, 0.5) is 10.5 Å². The van der Waals surface area contributed by atoms with Crippen molar-refractivity contribution in [2.75, 3.05) is 12.4 Å². The lowest BCUT2D eigenvalue weighted by molar-refractivity contribution is -0.118. The molecule has 2 amide bonds. The molecule has 0 saturated carbocycles. The minimum absolute atomic E-state index is 0.194. The van der Waals surface area contributed by atoms with E-state index in [1.165, 1.54) is 0 Å². The lowest BCUT2D eigenvalue weighted by Crippen LogP contribution is -2.25. The van der Waals surface area contributed by atoms with Crippen LogP contribution in [0.2, 0.25) is 0 Å². The van der Waals surface area contributed by atoms with Crippen LogP contribution in [0.1, 0.15) is 5.56 Å². The molecule has 2 N–H and O–H groups in total. The zero-order chi connectivity index (χ0) is 15.5. The SMILES string of the molecule is CNc1cccc(-c2ccc(CC3SC(=O)NC3=O)cc2)c1. The van der Waals surface area contributed by atoms with Crippen molar-refractivity contribution in [2.24, 2.45) is 0 Å². The number of hydrogen-bond acceptors (Lipinski definition) is 4.